The van der Waals surface area contributed by atoms with Gasteiger partial charge in [0, 0.05) is 6.04 Å². The third-order valence-corrected chi connectivity index (χ3v) is 3.54. The Labute approximate surface area is 122 Å². The van der Waals surface area contributed by atoms with Crippen molar-refractivity contribution in [1.82, 2.24) is 20.1 Å². The van der Waals surface area contributed by atoms with Crippen LogP contribution in [0.25, 0.3) is 5.69 Å². The van der Waals surface area contributed by atoms with Gasteiger partial charge < -0.3 is 5.32 Å². The maximum atomic E-state index is 11.8. The van der Waals surface area contributed by atoms with E-state index in [0.717, 1.165) is 5.69 Å². The van der Waals surface area contributed by atoms with Crippen LogP contribution in [0.2, 0.25) is 0 Å². The average Bonchev–Trinajstić information content (AvgIpc) is 2.87. The van der Waals surface area contributed by atoms with Gasteiger partial charge in [-0.25, -0.2) is 9.67 Å². The van der Waals surface area contributed by atoms with Crippen molar-refractivity contribution < 1.29 is 4.79 Å². The molecule has 2 rings (SSSR count). The van der Waals surface area contributed by atoms with Crippen molar-refractivity contribution >= 4 is 17.7 Å². The van der Waals surface area contributed by atoms with Crippen molar-refractivity contribution in [2.75, 3.05) is 0 Å². The SMILES string of the molecule is CC(C)NC(=O)C(C)Sc1ncn(-c2ccccc2)n1. The van der Waals surface area contributed by atoms with Gasteiger partial charge in [-0.2, -0.15) is 0 Å². The molecule has 106 valence electrons. The second kappa shape index (κ2) is 6.56. The third kappa shape index (κ3) is 3.84. The van der Waals surface area contributed by atoms with Gasteiger partial charge in [-0.3, -0.25) is 4.79 Å². The zero-order valence-electron chi connectivity index (χ0n) is 11.8. The molecule has 0 spiro atoms. The van der Waals surface area contributed by atoms with Gasteiger partial charge in [0.25, 0.3) is 0 Å². The van der Waals surface area contributed by atoms with Gasteiger partial charge in [0.2, 0.25) is 11.1 Å². The fourth-order valence-corrected chi connectivity index (χ4v) is 2.35. The van der Waals surface area contributed by atoms with Gasteiger partial charge in [0.1, 0.15) is 6.33 Å². The first-order valence-corrected chi connectivity index (χ1v) is 7.38. The Kier molecular flexibility index (Phi) is 4.79. The Bertz CT molecular complexity index is 568. The van der Waals surface area contributed by atoms with E-state index in [1.54, 1.807) is 11.0 Å². The molecular weight excluding hydrogens is 272 g/mol. The summed E-state index contributed by atoms with van der Waals surface area (Å²) in [6.07, 6.45) is 1.66. The molecule has 1 heterocycles. The molecule has 0 radical (unpaired) electrons. The summed E-state index contributed by atoms with van der Waals surface area (Å²) in [6.45, 7) is 5.74. The van der Waals surface area contributed by atoms with E-state index in [1.165, 1.54) is 11.8 Å². The van der Waals surface area contributed by atoms with E-state index in [1.807, 2.05) is 51.1 Å². The summed E-state index contributed by atoms with van der Waals surface area (Å²) >= 11 is 1.35. The number of amides is 1. The van der Waals surface area contributed by atoms with E-state index >= 15 is 0 Å². The Morgan fingerprint density at radius 1 is 1.25 bits per heavy atom. The van der Waals surface area contributed by atoms with Crippen LogP contribution in [0.5, 0.6) is 0 Å². The first kappa shape index (κ1) is 14.6. The highest BCUT2D eigenvalue weighted by Gasteiger charge is 2.17. The highest BCUT2D eigenvalue weighted by Crippen LogP contribution is 2.19. The Hall–Kier alpha value is -1.82. The predicted molar refractivity (Wildman–Crippen MR) is 80.0 cm³/mol. The molecule has 1 N–H and O–H groups in total. The molecule has 0 bridgehead atoms. The van der Waals surface area contributed by atoms with Crippen LogP contribution >= 0.6 is 11.8 Å². The van der Waals surface area contributed by atoms with Crippen molar-refractivity contribution in [1.29, 1.82) is 0 Å². The number of nitrogens with zero attached hydrogens (tertiary/aromatic N) is 3. The smallest absolute Gasteiger partial charge is 0.233 e. The summed E-state index contributed by atoms with van der Waals surface area (Å²) in [5.41, 5.74) is 0.950. The van der Waals surface area contributed by atoms with E-state index in [9.17, 15) is 4.79 Å². The lowest BCUT2D eigenvalue weighted by Crippen LogP contribution is -2.35. The van der Waals surface area contributed by atoms with E-state index < -0.39 is 0 Å². The highest BCUT2D eigenvalue weighted by atomic mass is 32.2. The minimum atomic E-state index is -0.218. The first-order valence-electron chi connectivity index (χ1n) is 6.50. The van der Waals surface area contributed by atoms with E-state index in [0.29, 0.717) is 5.16 Å². The molecule has 0 aliphatic rings. The third-order valence-electron chi connectivity index (χ3n) is 2.57. The summed E-state index contributed by atoms with van der Waals surface area (Å²) in [5, 5.41) is 7.63. The Morgan fingerprint density at radius 3 is 2.60 bits per heavy atom. The molecular formula is C14H18N4OS. The van der Waals surface area contributed by atoms with Crippen LogP contribution in [-0.2, 0) is 4.79 Å². The lowest BCUT2D eigenvalue weighted by Gasteiger charge is -2.12. The zero-order valence-corrected chi connectivity index (χ0v) is 12.6. The highest BCUT2D eigenvalue weighted by molar-refractivity contribution is 8.00. The fourth-order valence-electron chi connectivity index (χ4n) is 1.62. The minimum absolute atomic E-state index is 0.000983. The maximum absolute atomic E-state index is 11.8. The van der Waals surface area contributed by atoms with Crippen LogP contribution in [0.15, 0.2) is 41.8 Å². The second-order valence-electron chi connectivity index (χ2n) is 4.73. The number of carbonyl (C=O) groups is 1. The van der Waals surface area contributed by atoms with Crippen molar-refractivity contribution in [2.45, 2.75) is 37.2 Å². The topological polar surface area (TPSA) is 59.8 Å². The van der Waals surface area contributed by atoms with Gasteiger partial charge in [0.15, 0.2) is 0 Å². The normalized spacial score (nSPS) is 12.4. The summed E-state index contributed by atoms with van der Waals surface area (Å²) in [4.78, 5) is 16.1. The molecule has 1 aromatic heterocycles. The van der Waals surface area contributed by atoms with Gasteiger partial charge in [-0.1, -0.05) is 30.0 Å². The number of benzene rings is 1. The predicted octanol–water partition coefficient (Wildman–Crippen LogP) is 2.27. The van der Waals surface area contributed by atoms with Crippen molar-refractivity contribution in [2.24, 2.45) is 0 Å². The van der Waals surface area contributed by atoms with Crippen LogP contribution in [0.4, 0.5) is 0 Å². The van der Waals surface area contributed by atoms with Gasteiger partial charge in [-0.15, -0.1) is 5.10 Å². The molecule has 0 saturated carbocycles. The quantitative estimate of drug-likeness (QED) is 0.858. The number of carbonyl (C=O) groups excluding carboxylic acids is 1. The van der Waals surface area contributed by atoms with E-state index in [2.05, 4.69) is 15.4 Å². The molecule has 1 amide bonds. The molecule has 5 nitrogen and oxygen atoms in total. The summed E-state index contributed by atoms with van der Waals surface area (Å²) in [7, 11) is 0. The molecule has 2 aromatic rings. The number of hydrogen-bond donors (Lipinski definition) is 1. The molecule has 0 aliphatic carbocycles. The largest absolute Gasteiger partial charge is 0.353 e. The van der Waals surface area contributed by atoms with E-state index in [4.69, 9.17) is 0 Å². The Morgan fingerprint density at radius 2 is 1.95 bits per heavy atom. The molecule has 0 aliphatic heterocycles. The summed E-state index contributed by atoms with van der Waals surface area (Å²) < 4.78 is 1.70. The van der Waals surface area contributed by atoms with Gasteiger partial charge in [-0.05, 0) is 32.9 Å². The maximum Gasteiger partial charge on any atom is 0.233 e. The van der Waals surface area contributed by atoms with Crippen molar-refractivity contribution in [3.8, 4) is 5.69 Å². The monoisotopic (exact) mass is 290 g/mol. The molecule has 1 atom stereocenters. The van der Waals surface area contributed by atoms with Crippen molar-refractivity contribution in [3.05, 3.63) is 36.7 Å². The minimum Gasteiger partial charge on any atom is -0.353 e. The average molecular weight is 290 g/mol. The van der Waals surface area contributed by atoms with Crippen molar-refractivity contribution in [3.63, 3.8) is 0 Å². The van der Waals surface area contributed by atoms with Crippen LogP contribution in [0.3, 0.4) is 0 Å². The fraction of sp³-hybridized carbons (Fsp3) is 0.357. The number of para-hydroxylation sites is 1. The second-order valence-corrected chi connectivity index (χ2v) is 6.04. The Balaban J connectivity index is 2.01. The standard InChI is InChI=1S/C14H18N4OS/c1-10(2)16-13(19)11(3)20-14-15-9-18(17-14)12-7-5-4-6-8-12/h4-11H,1-3H3,(H,16,19). The number of rotatable bonds is 5. The lowest BCUT2D eigenvalue weighted by molar-refractivity contribution is -0.120. The van der Waals surface area contributed by atoms with Crippen LogP contribution in [-0.4, -0.2) is 32.0 Å². The summed E-state index contributed by atoms with van der Waals surface area (Å²) in [5.74, 6) is 0.000983. The van der Waals surface area contributed by atoms with Gasteiger partial charge in [0.05, 0.1) is 10.9 Å². The number of hydrogen-bond acceptors (Lipinski definition) is 4. The van der Waals surface area contributed by atoms with Crippen LogP contribution in [0, 0.1) is 0 Å². The molecule has 1 unspecified atom stereocenters. The van der Waals surface area contributed by atoms with E-state index in [-0.39, 0.29) is 17.2 Å². The molecule has 6 heteroatoms. The molecule has 0 fully saturated rings. The van der Waals surface area contributed by atoms with Crippen LogP contribution < -0.4 is 5.32 Å². The number of nitrogens with one attached hydrogen (secondary N) is 1. The molecule has 20 heavy (non-hydrogen) atoms. The van der Waals surface area contributed by atoms with Crippen LogP contribution in [0.1, 0.15) is 20.8 Å². The molecule has 1 aromatic carbocycles. The number of thioether (sulfide) groups is 1. The summed E-state index contributed by atoms with van der Waals surface area (Å²) in [6, 6.07) is 9.90. The molecule has 0 saturated heterocycles. The number of aromatic nitrogens is 3. The zero-order chi connectivity index (χ0) is 14.5. The van der Waals surface area contributed by atoms with Gasteiger partial charge >= 0.3 is 0 Å². The first-order chi connectivity index (χ1) is 9.56. The lowest BCUT2D eigenvalue weighted by atomic mass is 10.3.